The van der Waals surface area contributed by atoms with Crippen molar-refractivity contribution >= 4 is 25.8 Å². The second-order valence-electron chi connectivity index (χ2n) is 7.06. The Labute approximate surface area is 171 Å². The Balaban J connectivity index is 1.53. The number of rotatable bonds is 10. The molecular formula is C20H24N2O5S2. The maximum absolute atomic E-state index is 12.3. The van der Waals surface area contributed by atoms with Gasteiger partial charge in [0.2, 0.25) is 10.0 Å². The monoisotopic (exact) mass is 436 g/mol. The van der Waals surface area contributed by atoms with E-state index in [-0.39, 0.29) is 34.1 Å². The van der Waals surface area contributed by atoms with Gasteiger partial charge in [-0.15, -0.1) is 0 Å². The standard InChI is InChI=1S/C20H24N2O5S2/c23-20(21-12-5-13-28(24,25)18-7-2-1-3-8-18)17-6-4-9-19(14-17)29(26,27)22-15-16-10-11-16/h1-4,6-9,14,16,22H,5,10-13,15H2,(H,21,23). The van der Waals surface area contributed by atoms with Gasteiger partial charge in [0, 0.05) is 18.7 Å². The lowest BCUT2D eigenvalue weighted by Crippen LogP contribution is -2.28. The van der Waals surface area contributed by atoms with Gasteiger partial charge in [-0.3, -0.25) is 4.79 Å². The van der Waals surface area contributed by atoms with E-state index in [2.05, 4.69) is 10.0 Å². The molecule has 0 unspecified atom stereocenters. The van der Waals surface area contributed by atoms with Crippen molar-refractivity contribution in [3.8, 4) is 0 Å². The lowest BCUT2D eigenvalue weighted by Gasteiger charge is -2.09. The van der Waals surface area contributed by atoms with E-state index in [1.54, 1.807) is 18.2 Å². The fraction of sp³-hybridized carbons (Fsp3) is 0.350. The third-order valence-corrected chi connectivity index (χ3v) is 7.88. The minimum atomic E-state index is -3.66. The first-order valence-corrected chi connectivity index (χ1v) is 12.6. The van der Waals surface area contributed by atoms with Crippen LogP contribution in [0.15, 0.2) is 64.4 Å². The molecule has 2 aromatic rings. The molecule has 29 heavy (non-hydrogen) atoms. The largest absolute Gasteiger partial charge is 0.352 e. The molecule has 9 heteroatoms. The molecule has 1 amide bonds. The van der Waals surface area contributed by atoms with Crippen molar-refractivity contribution in [1.29, 1.82) is 0 Å². The van der Waals surface area contributed by atoms with E-state index in [0.717, 1.165) is 12.8 Å². The van der Waals surface area contributed by atoms with Crippen molar-refractivity contribution < 1.29 is 21.6 Å². The average Bonchev–Trinajstić information content (AvgIpc) is 3.55. The summed E-state index contributed by atoms with van der Waals surface area (Å²) >= 11 is 0. The topological polar surface area (TPSA) is 109 Å². The number of nitrogens with one attached hydrogen (secondary N) is 2. The van der Waals surface area contributed by atoms with Crippen LogP contribution in [0.2, 0.25) is 0 Å². The van der Waals surface area contributed by atoms with Crippen molar-refractivity contribution in [1.82, 2.24) is 10.0 Å². The number of hydrogen-bond acceptors (Lipinski definition) is 5. The molecule has 2 aromatic carbocycles. The third kappa shape index (κ3) is 6.12. The molecule has 0 aliphatic heterocycles. The Hall–Kier alpha value is -2.23. The van der Waals surface area contributed by atoms with Crippen LogP contribution >= 0.6 is 0 Å². The predicted octanol–water partition coefficient (Wildman–Crippen LogP) is 1.97. The van der Waals surface area contributed by atoms with Gasteiger partial charge in [-0.1, -0.05) is 24.3 Å². The van der Waals surface area contributed by atoms with E-state index in [4.69, 9.17) is 0 Å². The van der Waals surface area contributed by atoms with Gasteiger partial charge in [0.15, 0.2) is 9.84 Å². The zero-order valence-corrected chi connectivity index (χ0v) is 17.5. The van der Waals surface area contributed by atoms with Crippen molar-refractivity contribution in [2.75, 3.05) is 18.8 Å². The van der Waals surface area contributed by atoms with Crippen molar-refractivity contribution in [2.45, 2.75) is 29.1 Å². The van der Waals surface area contributed by atoms with Gasteiger partial charge in [0.1, 0.15) is 0 Å². The molecule has 1 saturated carbocycles. The van der Waals surface area contributed by atoms with Gasteiger partial charge in [0.25, 0.3) is 5.91 Å². The second kappa shape index (κ2) is 9.06. The highest BCUT2D eigenvalue weighted by atomic mass is 32.2. The summed E-state index contributed by atoms with van der Waals surface area (Å²) in [6.45, 7) is 0.580. The Kier molecular flexibility index (Phi) is 6.71. The van der Waals surface area contributed by atoms with Crippen LogP contribution in [0, 0.1) is 5.92 Å². The summed E-state index contributed by atoms with van der Waals surface area (Å²) in [5.41, 5.74) is 0.213. The van der Waals surface area contributed by atoms with Gasteiger partial charge in [-0.2, -0.15) is 0 Å². The Bertz CT molecular complexity index is 1060. The predicted molar refractivity (Wildman–Crippen MR) is 110 cm³/mol. The lowest BCUT2D eigenvalue weighted by molar-refractivity contribution is 0.0953. The quantitative estimate of drug-likeness (QED) is 0.554. The van der Waals surface area contributed by atoms with Crippen LogP contribution in [0.1, 0.15) is 29.6 Å². The summed E-state index contributed by atoms with van der Waals surface area (Å²) in [6.07, 6.45) is 2.32. The van der Waals surface area contributed by atoms with Crippen molar-refractivity contribution in [2.24, 2.45) is 5.92 Å². The summed E-state index contributed by atoms with van der Waals surface area (Å²) in [6, 6.07) is 14.0. The Morgan fingerprint density at radius 1 is 0.931 bits per heavy atom. The van der Waals surface area contributed by atoms with Gasteiger partial charge in [0.05, 0.1) is 15.5 Å². The number of amides is 1. The number of sulfonamides is 1. The second-order valence-corrected chi connectivity index (χ2v) is 10.9. The number of carbonyl (C=O) groups excluding carboxylic acids is 1. The van der Waals surface area contributed by atoms with Crippen molar-refractivity contribution in [3.05, 3.63) is 60.2 Å². The number of benzene rings is 2. The Morgan fingerprint density at radius 3 is 2.31 bits per heavy atom. The van der Waals surface area contributed by atoms with Gasteiger partial charge in [-0.05, 0) is 55.5 Å². The zero-order chi connectivity index (χ0) is 20.9. The number of sulfone groups is 1. The van der Waals surface area contributed by atoms with E-state index in [0.29, 0.717) is 12.5 Å². The highest BCUT2D eigenvalue weighted by molar-refractivity contribution is 7.91. The minimum absolute atomic E-state index is 0.0393. The average molecular weight is 437 g/mol. The summed E-state index contributed by atoms with van der Waals surface area (Å²) in [4.78, 5) is 12.6. The fourth-order valence-corrected chi connectivity index (χ4v) is 5.24. The molecule has 2 N–H and O–H groups in total. The molecule has 1 fully saturated rings. The van der Waals surface area contributed by atoms with Gasteiger partial charge < -0.3 is 5.32 Å². The molecule has 0 aromatic heterocycles. The minimum Gasteiger partial charge on any atom is -0.352 e. The molecular weight excluding hydrogens is 412 g/mol. The molecule has 0 heterocycles. The maximum Gasteiger partial charge on any atom is 0.251 e. The fourth-order valence-electron chi connectivity index (χ4n) is 2.75. The molecule has 1 aliphatic carbocycles. The Morgan fingerprint density at radius 2 is 1.62 bits per heavy atom. The first-order chi connectivity index (χ1) is 13.8. The molecule has 1 aliphatic rings. The van der Waals surface area contributed by atoms with Gasteiger partial charge >= 0.3 is 0 Å². The van der Waals surface area contributed by atoms with Crippen LogP contribution in [0.3, 0.4) is 0 Å². The molecule has 3 rings (SSSR count). The van der Waals surface area contributed by atoms with E-state index in [9.17, 15) is 21.6 Å². The molecule has 0 radical (unpaired) electrons. The number of hydrogen-bond donors (Lipinski definition) is 2. The van der Waals surface area contributed by atoms with Crippen LogP contribution < -0.4 is 10.0 Å². The molecule has 0 bridgehead atoms. The molecule has 0 spiro atoms. The van der Waals surface area contributed by atoms with Crippen LogP contribution in [0.5, 0.6) is 0 Å². The number of carbonyl (C=O) groups is 1. The van der Waals surface area contributed by atoms with E-state index >= 15 is 0 Å². The smallest absolute Gasteiger partial charge is 0.251 e. The first kappa shape index (κ1) is 21.5. The third-order valence-electron chi connectivity index (χ3n) is 4.64. The van der Waals surface area contributed by atoms with E-state index in [1.165, 1.54) is 36.4 Å². The van der Waals surface area contributed by atoms with E-state index < -0.39 is 25.8 Å². The van der Waals surface area contributed by atoms with Crippen LogP contribution in [-0.2, 0) is 19.9 Å². The van der Waals surface area contributed by atoms with Crippen molar-refractivity contribution in [3.63, 3.8) is 0 Å². The summed E-state index contributed by atoms with van der Waals surface area (Å²) < 4.78 is 51.7. The molecule has 7 nitrogen and oxygen atoms in total. The molecule has 0 atom stereocenters. The summed E-state index contributed by atoms with van der Waals surface area (Å²) in [5, 5.41) is 2.64. The maximum atomic E-state index is 12.3. The first-order valence-electron chi connectivity index (χ1n) is 9.44. The van der Waals surface area contributed by atoms with Crippen LogP contribution in [0.4, 0.5) is 0 Å². The normalized spacial score (nSPS) is 14.5. The summed E-state index contributed by atoms with van der Waals surface area (Å²) in [5.74, 6) is -0.124. The zero-order valence-electron chi connectivity index (χ0n) is 15.9. The highest BCUT2D eigenvalue weighted by Crippen LogP contribution is 2.28. The van der Waals surface area contributed by atoms with Crippen LogP contribution in [-0.4, -0.2) is 41.6 Å². The molecule has 0 saturated heterocycles. The highest BCUT2D eigenvalue weighted by Gasteiger charge is 2.24. The van der Waals surface area contributed by atoms with Crippen LogP contribution in [0.25, 0.3) is 0 Å². The van der Waals surface area contributed by atoms with Gasteiger partial charge in [-0.25, -0.2) is 21.6 Å². The lowest BCUT2D eigenvalue weighted by atomic mass is 10.2. The SMILES string of the molecule is O=C(NCCCS(=O)(=O)c1ccccc1)c1cccc(S(=O)(=O)NCC2CC2)c1. The summed E-state index contributed by atoms with van der Waals surface area (Å²) in [7, 11) is -7.05. The van der Waals surface area contributed by atoms with E-state index in [1.807, 2.05) is 0 Å². The molecule has 156 valence electrons.